The fraction of sp³-hybridized carbons (Fsp3) is 0.250. The molecule has 2 amide bonds. The van der Waals surface area contributed by atoms with Gasteiger partial charge in [0.05, 0.1) is 41.5 Å². The van der Waals surface area contributed by atoms with Crippen molar-refractivity contribution in [2.75, 3.05) is 37.4 Å². The Balaban J connectivity index is 1.90. The van der Waals surface area contributed by atoms with E-state index >= 15 is 0 Å². The molecule has 0 aromatic heterocycles. The third-order valence-corrected chi connectivity index (χ3v) is 4.63. The highest BCUT2D eigenvalue weighted by atomic mass is 35.5. The summed E-state index contributed by atoms with van der Waals surface area (Å²) >= 11 is 12.1. The summed E-state index contributed by atoms with van der Waals surface area (Å²) in [5.74, 6) is -1.08. The number of hydrogen-bond donors (Lipinski definition) is 2. The van der Waals surface area contributed by atoms with Crippen molar-refractivity contribution in [3.8, 4) is 0 Å². The first-order valence-electron chi connectivity index (χ1n) is 8.78. The lowest BCUT2D eigenvalue weighted by Gasteiger charge is -2.20. The number of halogens is 2. The van der Waals surface area contributed by atoms with Crippen LogP contribution in [0.15, 0.2) is 42.5 Å². The third-order valence-electron chi connectivity index (χ3n) is 4.00. The topological polar surface area (TPSA) is 87.7 Å². The van der Waals surface area contributed by atoms with E-state index in [0.717, 1.165) is 0 Å². The lowest BCUT2D eigenvalue weighted by Crippen LogP contribution is -2.38. The summed E-state index contributed by atoms with van der Waals surface area (Å²) in [7, 11) is 1.30. The van der Waals surface area contributed by atoms with Crippen LogP contribution in [0.4, 0.5) is 11.4 Å². The zero-order valence-electron chi connectivity index (χ0n) is 16.0. The van der Waals surface area contributed by atoms with Crippen LogP contribution in [0, 0.1) is 0 Å². The molecule has 0 atom stereocenters. The van der Waals surface area contributed by atoms with Gasteiger partial charge in [-0.05, 0) is 42.9 Å². The molecule has 2 aromatic carbocycles. The maximum Gasteiger partial charge on any atom is 0.337 e. The first-order chi connectivity index (χ1) is 13.8. The highest BCUT2D eigenvalue weighted by Crippen LogP contribution is 2.29. The highest BCUT2D eigenvalue weighted by molar-refractivity contribution is 6.39. The van der Waals surface area contributed by atoms with E-state index in [0.29, 0.717) is 33.5 Å². The summed E-state index contributed by atoms with van der Waals surface area (Å²) in [5, 5.41) is 6.06. The van der Waals surface area contributed by atoms with Crippen LogP contribution >= 0.6 is 23.2 Å². The normalized spacial score (nSPS) is 10.5. The van der Waals surface area contributed by atoms with E-state index in [1.807, 2.05) is 6.92 Å². The number of ether oxygens (including phenoxy) is 1. The number of methoxy groups -OCH3 is 1. The van der Waals surface area contributed by atoms with Gasteiger partial charge in [0.25, 0.3) is 0 Å². The van der Waals surface area contributed by atoms with Crippen LogP contribution in [0.5, 0.6) is 0 Å². The molecule has 0 radical (unpaired) electrons. The zero-order valence-corrected chi connectivity index (χ0v) is 17.5. The van der Waals surface area contributed by atoms with Crippen molar-refractivity contribution in [1.82, 2.24) is 4.90 Å². The molecule has 0 aliphatic rings. The molecule has 0 spiro atoms. The average molecular weight is 438 g/mol. The number of nitrogens with zero attached hydrogens (tertiary/aromatic N) is 1. The number of hydrogen-bond acceptors (Lipinski definition) is 5. The van der Waals surface area contributed by atoms with Gasteiger partial charge in [0.1, 0.15) is 0 Å². The Kier molecular flexibility index (Phi) is 8.45. The molecule has 29 heavy (non-hydrogen) atoms. The van der Waals surface area contributed by atoms with Crippen LogP contribution in [-0.2, 0) is 14.3 Å². The summed E-state index contributed by atoms with van der Waals surface area (Å²) in [6.07, 6.45) is 0. The number of nitrogens with one attached hydrogen (secondary N) is 2. The van der Waals surface area contributed by atoms with Crippen molar-refractivity contribution in [2.24, 2.45) is 0 Å². The molecule has 0 saturated carbocycles. The number of para-hydroxylation sites is 1. The monoisotopic (exact) mass is 437 g/mol. The standard InChI is InChI=1S/C20H21Cl2N3O4/c1-3-25(12-18(27)24-19-15(21)5-4-6-16(19)22)11-17(26)23-14-9-7-13(8-10-14)20(28)29-2/h4-10H,3,11-12H2,1-2H3,(H,23,26)(H,24,27). The summed E-state index contributed by atoms with van der Waals surface area (Å²) in [5.41, 5.74) is 1.26. The number of amides is 2. The van der Waals surface area contributed by atoms with Crippen LogP contribution in [-0.4, -0.2) is 49.4 Å². The Bertz CT molecular complexity index is 868. The van der Waals surface area contributed by atoms with E-state index in [-0.39, 0.29) is 24.9 Å². The van der Waals surface area contributed by atoms with Crippen molar-refractivity contribution in [1.29, 1.82) is 0 Å². The molecule has 0 unspecified atom stereocenters. The number of rotatable bonds is 8. The van der Waals surface area contributed by atoms with Gasteiger partial charge in [0.15, 0.2) is 0 Å². The number of benzene rings is 2. The summed E-state index contributed by atoms with van der Waals surface area (Å²) in [6.45, 7) is 2.33. The molecule has 0 saturated heterocycles. The van der Waals surface area contributed by atoms with Crippen LogP contribution < -0.4 is 10.6 Å². The molecule has 0 bridgehead atoms. The Morgan fingerprint density at radius 2 is 1.48 bits per heavy atom. The maximum absolute atomic E-state index is 12.3. The smallest absolute Gasteiger partial charge is 0.337 e. The second-order valence-corrected chi connectivity index (χ2v) is 6.88. The Labute approximate surface area is 178 Å². The van der Waals surface area contributed by atoms with Gasteiger partial charge in [-0.15, -0.1) is 0 Å². The minimum atomic E-state index is -0.454. The number of carbonyl (C=O) groups is 3. The predicted molar refractivity (Wildman–Crippen MR) is 114 cm³/mol. The Morgan fingerprint density at radius 3 is 2.00 bits per heavy atom. The van der Waals surface area contributed by atoms with Crippen molar-refractivity contribution >= 4 is 52.4 Å². The number of likely N-dealkylation sites (N-methyl/N-ethyl adjacent to an activating group) is 1. The second-order valence-electron chi connectivity index (χ2n) is 6.07. The molecule has 0 aliphatic heterocycles. The molecular formula is C20H21Cl2N3O4. The quantitative estimate of drug-likeness (QED) is 0.614. The Morgan fingerprint density at radius 1 is 0.931 bits per heavy atom. The van der Waals surface area contributed by atoms with Crippen molar-refractivity contribution in [3.05, 3.63) is 58.1 Å². The average Bonchev–Trinajstić information content (AvgIpc) is 2.70. The van der Waals surface area contributed by atoms with E-state index < -0.39 is 5.97 Å². The summed E-state index contributed by atoms with van der Waals surface area (Å²) < 4.78 is 4.63. The largest absolute Gasteiger partial charge is 0.465 e. The van der Waals surface area contributed by atoms with Crippen LogP contribution in [0.25, 0.3) is 0 Å². The van der Waals surface area contributed by atoms with E-state index in [1.165, 1.54) is 7.11 Å². The van der Waals surface area contributed by atoms with Gasteiger partial charge in [0.2, 0.25) is 11.8 Å². The van der Waals surface area contributed by atoms with E-state index in [1.54, 1.807) is 47.4 Å². The first-order valence-corrected chi connectivity index (χ1v) is 9.54. The van der Waals surface area contributed by atoms with E-state index in [2.05, 4.69) is 15.4 Å². The van der Waals surface area contributed by atoms with Gasteiger partial charge in [-0.1, -0.05) is 36.2 Å². The number of esters is 1. The van der Waals surface area contributed by atoms with Gasteiger partial charge in [-0.2, -0.15) is 0 Å². The van der Waals surface area contributed by atoms with Gasteiger partial charge in [0, 0.05) is 5.69 Å². The van der Waals surface area contributed by atoms with Crippen LogP contribution in [0.1, 0.15) is 17.3 Å². The maximum atomic E-state index is 12.3. The van der Waals surface area contributed by atoms with E-state index in [4.69, 9.17) is 23.2 Å². The summed E-state index contributed by atoms with van der Waals surface area (Å²) in [4.78, 5) is 37.7. The number of anilines is 2. The van der Waals surface area contributed by atoms with Gasteiger partial charge in [-0.25, -0.2) is 4.79 Å². The van der Waals surface area contributed by atoms with Crippen LogP contribution in [0.3, 0.4) is 0 Å². The molecule has 2 N–H and O–H groups in total. The van der Waals surface area contributed by atoms with Gasteiger partial charge < -0.3 is 15.4 Å². The highest BCUT2D eigenvalue weighted by Gasteiger charge is 2.16. The number of carbonyl (C=O) groups excluding carboxylic acids is 3. The van der Waals surface area contributed by atoms with Crippen molar-refractivity contribution in [3.63, 3.8) is 0 Å². The summed E-state index contributed by atoms with van der Waals surface area (Å²) in [6, 6.07) is 11.2. The fourth-order valence-corrected chi connectivity index (χ4v) is 2.98. The fourth-order valence-electron chi connectivity index (χ4n) is 2.49. The molecule has 2 aromatic rings. The minimum Gasteiger partial charge on any atom is -0.465 e. The predicted octanol–water partition coefficient (Wildman–Crippen LogP) is 3.68. The molecule has 0 fully saturated rings. The molecular weight excluding hydrogens is 417 g/mol. The Hall–Kier alpha value is -2.61. The zero-order chi connectivity index (χ0) is 21.4. The lowest BCUT2D eigenvalue weighted by molar-refractivity contribution is -0.119. The third kappa shape index (κ3) is 6.74. The van der Waals surface area contributed by atoms with E-state index in [9.17, 15) is 14.4 Å². The first kappa shape index (κ1) is 22.7. The molecule has 0 aliphatic carbocycles. The van der Waals surface area contributed by atoms with Crippen molar-refractivity contribution in [2.45, 2.75) is 6.92 Å². The van der Waals surface area contributed by atoms with Gasteiger partial charge >= 0.3 is 5.97 Å². The minimum absolute atomic E-state index is 0.00719. The van der Waals surface area contributed by atoms with Crippen LogP contribution in [0.2, 0.25) is 10.0 Å². The molecule has 0 heterocycles. The van der Waals surface area contributed by atoms with Gasteiger partial charge in [-0.3, -0.25) is 14.5 Å². The molecule has 154 valence electrons. The molecule has 2 rings (SSSR count). The lowest BCUT2D eigenvalue weighted by atomic mass is 10.2. The molecule has 7 nitrogen and oxygen atoms in total. The van der Waals surface area contributed by atoms with Crippen molar-refractivity contribution < 1.29 is 19.1 Å². The second kappa shape index (κ2) is 10.8. The SMILES string of the molecule is CCN(CC(=O)Nc1ccc(C(=O)OC)cc1)CC(=O)Nc1c(Cl)cccc1Cl. The molecule has 9 heteroatoms.